The first-order chi connectivity index (χ1) is 28.3. The number of rotatable bonds is 4. The molecule has 0 amide bonds. The molecule has 1 aliphatic carbocycles. The van der Waals surface area contributed by atoms with Crippen LogP contribution in [-0.2, 0) is 12.8 Å². The third-order valence-corrected chi connectivity index (χ3v) is 15.9. The lowest BCUT2D eigenvalue weighted by Crippen LogP contribution is -2.54. The Bertz CT molecular complexity index is 2900. The van der Waals surface area contributed by atoms with E-state index < -0.39 is 8.07 Å². The maximum atomic E-state index is 6.96. The molecule has 5 aromatic carbocycles. The molecule has 5 heteroatoms. The van der Waals surface area contributed by atoms with Crippen molar-refractivity contribution in [2.24, 2.45) is 5.92 Å². The highest BCUT2D eigenvalue weighted by Gasteiger charge is 2.45. The molecule has 11 rings (SSSR count). The minimum Gasteiger partial charge on any atom is -0.455 e. The Labute approximate surface area is 343 Å². The summed E-state index contributed by atoms with van der Waals surface area (Å²) in [6.45, 7) is 12.7. The number of aromatic nitrogens is 3. The zero-order valence-electron chi connectivity index (χ0n) is 34.2. The fraction of sp³-hybridized carbons (Fsp3) is 0.283. The number of hydrogen-bond acceptors (Lipinski definition) is 1. The third-order valence-electron chi connectivity index (χ3n) is 13.8. The molecule has 3 aromatic heterocycles. The number of pyridine rings is 1. The molecule has 3 aliphatic rings. The second-order valence-electron chi connectivity index (χ2n) is 18.4. The number of benzene rings is 5. The van der Waals surface area contributed by atoms with Crippen LogP contribution in [0.2, 0.25) is 19.6 Å². The summed E-state index contributed by atoms with van der Waals surface area (Å²) in [5, 5.41) is 3.94. The van der Waals surface area contributed by atoms with Crippen LogP contribution in [0.25, 0.3) is 67.0 Å². The van der Waals surface area contributed by atoms with E-state index in [1.807, 2.05) is 0 Å². The molecular weight excluding hydrogens is 723 g/mol. The van der Waals surface area contributed by atoms with E-state index >= 15 is 0 Å². The van der Waals surface area contributed by atoms with Crippen molar-refractivity contribution in [2.45, 2.75) is 89.4 Å². The first-order valence-electron chi connectivity index (χ1n) is 21.7. The summed E-state index contributed by atoms with van der Waals surface area (Å²) in [4.78, 5) is 0. The van der Waals surface area contributed by atoms with Gasteiger partial charge in [-0.15, -0.1) is 0 Å². The van der Waals surface area contributed by atoms with Crippen LogP contribution in [0.4, 0.5) is 0 Å². The third kappa shape index (κ3) is 5.68. The average Bonchev–Trinajstić information content (AvgIpc) is 3.79. The zero-order chi connectivity index (χ0) is 39.1. The van der Waals surface area contributed by atoms with E-state index in [0.717, 1.165) is 75.4 Å². The number of furan rings is 1. The number of imidazole rings is 1. The van der Waals surface area contributed by atoms with Crippen LogP contribution >= 0.6 is 0 Å². The summed E-state index contributed by atoms with van der Waals surface area (Å²) < 4.78 is 14.7. The van der Waals surface area contributed by atoms with Crippen LogP contribution in [0.1, 0.15) is 73.6 Å². The van der Waals surface area contributed by atoms with E-state index in [1.165, 1.54) is 66.5 Å². The molecule has 0 radical (unpaired) electrons. The molecule has 2 aliphatic heterocycles. The van der Waals surface area contributed by atoms with Crippen molar-refractivity contribution >= 4 is 51.9 Å². The van der Waals surface area contributed by atoms with Gasteiger partial charge in [-0.2, -0.15) is 13.7 Å². The predicted molar refractivity (Wildman–Crippen MR) is 242 cm³/mol. The highest BCUT2D eigenvalue weighted by molar-refractivity contribution is 6.89. The maximum Gasteiger partial charge on any atom is 0.304 e. The van der Waals surface area contributed by atoms with Crippen LogP contribution in [0.15, 0.2) is 139 Å². The molecule has 2 unspecified atom stereocenters. The first-order valence-corrected chi connectivity index (χ1v) is 25.2. The Morgan fingerprint density at radius 2 is 1.53 bits per heavy atom. The second kappa shape index (κ2) is 13.8. The molecule has 0 spiro atoms. The Morgan fingerprint density at radius 3 is 2.38 bits per heavy atom. The van der Waals surface area contributed by atoms with Gasteiger partial charge >= 0.3 is 5.82 Å². The van der Waals surface area contributed by atoms with Crippen LogP contribution in [0.5, 0.6) is 0 Å². The quantitative estimate of drug-likeness (QED) is 0.129. The average molecular weight is 776 g/mol. The number of para-hydroxylation sites is 4. The number of aryl methyl sites for hydroxylation is 1. The minimum atomic E-state index is -1.71. The number of hydrogen-bond donors (Lipinski definition) is 0. The van der Waals surface area contributed by atoms with Gasteiger partial charge in [-0.3, -0.25) is 0 Å². The summed E-state index contributed by atoms with van der Waals surface area (Å²) in [7, 11) is -1.71. The SMILES string of the molecule is C=C1CC2C(CCc3ccc4c(oc5ccccc54)c3-c3n1c1ccccc1[n+]3-c1ccccc1)c1ccccc1-c1cc(CC3CCCCC3)c([Si](C)(C)C)c[n+]12. The smallest absolute Gasteiger partial charge is 0.304 e. The van der Waals surface area contributed by atoms with Gasteiger partial charge in [0.05, 0.1) is 14.5 Å². The molecule has 5 heterocycles. The molecule has 0 bridgehead atoms. The fourth-order valence-corrected chi connectivity index (χ4v) is 12.8. The van der Waals surface area contributed by atoms with E-state index in [4.69, 9.17) is 11.0 Å². The molecule has 1 fully saturated rings. The highest BCUT2D eigenvalue weighted by Crippen LogP contribution is 2.47. The molecule has 1 saturated carbocycles. The molecule has 4 nitrogen and oxygen atoms in total. The lowest BCUT2D eigenvalue weighted by atomic mass is 9.77. The number of allylic oxidation sites excluding steroid dienone is 1. The lowest BCUT2D eigenvalue weighted by molar-refractivity contribution is -0.716. The Balaban J connectivity index is 1.18. The van der Waals surface area contributed by atoms with Crippen molar-refractivity contribution in [2.75, 3.05) is 0 Å². The van der Waals surface area contributed by atoms with Gasteiger partial charge in [0.2, 0.25) is 5.69 Å². The second-order valence-corrected chi connectivity index (χ2v) is 23.5. The lowest BCUT2D eigenvalue weighted by Gasteiger charge is -2.33. The Hall–Kier alpha value is -5.52. The topological polar surface area (TPSA) is 25.8 Å². The number of fused-ring (bicyclic) bond motifs is 15. The first kappa shape index (κ1) is 35.6. The summed E-state index contributed by atoms with van der Waals surface area (Å²) in [6, 6.07) is 45.2. The monoisotopic (exact) mass is 775 g/mol. The Kier molecular flexibility index (Phi) is 8.48. The maximum absolute atomic E-state index is 6.96. The molecule has 288 valence electrons. The highest BCUT2D eigenvalue weighted by atomic mass is 28.3. The van der Waals surface area contributed by atoms with Gasteiger partial charge in [-0.25, -0.2) is 0 Å². The Morgan fingerprint density at radius 1 is 0.776 bits per heavy atom. The molecule has 2 atom stereocenters. The number of nitrogens with zero attached hydrogens (tertiary/aromatic N) is 3. The minimum absolute atomic E-state index is 0.215. The van der Waals surface area contributed by atoms with Gasteiger partial charge in [0.15, 0.2) is 28.9 Å². The van der Waals surface area contributed by atoms with Gasteiger partial charge in [0.25, 0.3) is 0 Å². The van der Waals surface area contributed by atoms with Gasteiger partial charge in [0, 0.05) is 33.5 Å². The van der Waals surface area contributed by atoms with E-state index in [9.17, 15) is 0 Å². The van der Waals surface area contributed by atoms with Gasteiger partial charge in [-0.1, -0.05) is 137 Å². The molecular formula is C53H53N3OSi+2. The van der Waals surface area contributed by atoms with E-state index in [0.29, 0.717) is 5.92 Å². The van der Waals surface area contributed by atoms with Crippen LogP contribution in [-0.4, -0.2) is 12.6 Å². The van der Waals surface area contributed by atoms with Crippen LogP contribution < -0.4 is 14.3 Å². The standard InChI is InChI=1S/C53H53N3OSi/c1-35-31-47-42(40-21-11-12-22-41(40)48-33-38(32-36-17-7-5-8-18-36)50(34-54(47)48)58(2,3)4)29-27-37-28-30-44-43-23-13-16-26-49(43)57-52(44)51(37)53-55(35)45-24-14-15-25-46(45)56(53)39-19-9-6-10-20-39/h6,9-16,19-26,28,30,33-34,36,42,47H,1,5,7-8,17-18,27,29,31-32H2,2-4H3/q+2. The summed E-state index contributed by atoms with van der Waals surface area (Å²) in [6.07, 6.45) is 13.5. The van der Waals surface area contributed by atoms with E-state index in [-0.39, 0.29) is 6.04 Å². The van der Waals surface area contributed by atoms with E-state index in [1.54, 1.807) is 10.8 Å². The summed E-state index contributed by atoms with van der Waals surface area (Å²) in [5.74, 6) is 2.22. The largest absolute Gasteiger partial charge is 0.455 e. The van der Waals surface area contributed by atoms with Crippen molar-refractivity contribution < 1.29 is 13.6 Å². The van der Waals surface area contributed by atoms with Gasteiger partial charge < -0.3 is 4.42 Å². The van der Waals surface area contributed by atoms with Gasteiger partial charge in [0.1, 0.15) is 22.5 Å². The van der Waals surface area contributed by atoms with Crippen molar-refractivity contribution in [3.63, 3.8) is 0 Å². The molecule has 0 N–H and O–H groups in total. The molecule has 8 aromatic rings. The summed E-state index contributed by atoms with van der Waals surface area (Å²) >= 11 is 0. The van der Waals surface area contributed by atoms with Crippen LogP contribution in [0.3, 0.4) is 0 Å². The van der Waals surface area contributed by atoms with Crippen molar-refractivity contribution in [1.82, 2.24) is 4.57 Å². The zero-order valence-corrected chi connectivity index (χ0v) is 35.2. The van der Waals surface area contributed by atoms with Crippen LogP contribution in [0, 0.1) is 5.92 Å². The molecule has 0 saturated heterocycles. The van der Waals surface area contributed by atoms with Crippen molar-refractivity contribution in [1.29, 1.82) is 0 Å². The normalized spacial score (nSPS) is 18.4. The fourth-order valence-electron chi connectivity index (χ4n) is 11.2. The summed E-state index contributed by atoms with van der Waals surface area (Å²) in [5.41, 5.74) is 14.8. The van der Waals surface area contributed by atoms with Crippen molar-refractivity contribution in [3.8, 4) is 28.3 Å². The molecule has 58 heavy (non-hydrogen) atoms. The van der Waals surface area contributed by atoms with Crippen molar-refractivity contribution in [3.05, 3.63) is 151 Å². The van der Waals surface area contributed by atoms with E-state index in [2.05, 4.69) is 161 Å². The predicted octanol–water partition coefficient (Wildman–Crippen LogP) is 12.3. The van der Waals surface area contributed by atoms with Gasteiger partial charge in [-0.05, 0) is 78.3 Å².